The van der Waals surface area contributed by atoms with Crippen molar-refractivity contribution in [1.29, 1.82) is 0 Å². The lowest BCUT2D eigenvalue weighted by Crippen LogP contribution is -2.16. The standard InChI is InChI=1S/C11H16ClFN2/c1-3-4-5-8(2)15-11-10(13)6-9(12)7-14-11/h6-8H,3-5H2,1-2H3,(H,14,15). The molecule has 1 aromatic rings. The van der Waals surface area contributed by atoms with Crippen molar-refractivity contribution in [2.24, 2.45) is 0 Å². The largest absolute Gasteiger partial charge is 0.365 e. The molecule has 1 atom stereocenters. The zero-order valence-electron chi connectivity index (χ0n) is 9.06. The number of hydrogen-bond donors (Lipinski definition) is 1. The van der Waals surface area contributed by atoms with Crippen molar-refractivity contribution in [2.45, 2.75) is 39.2 Å². The molecule has 0 amide bonds. The van der Waals surface area contributed by atoms with Crippen LogP contribution in [0.25, 0.3) is 0 Å². The van der Waals surface area contributed by atoms with Gasteiger partial charge in [0, 0.05) is 12.2 Å². The van der Waals surface area contributed by atoms with Gasteiger partial charge in [0.25, 0.3) is 0 Å². The van der Waals surface area contributed by atoms with Crippen LogP contribution in [0.2, 0.25) is 5.02 Å². The van der Waals surface area contributed by atoms with E-state index in [0.717, 1.165) is 19.3 Å². The Morgan fingerprint density at radius 2 is 2.33 bits per heavy atom. The SMILES string of the molecule is CCCCC(C)Nc1ncc(Cl)cc1F. The van der Waals surface area contributed by atoms with Gasteiger partial charge in [0.05, 0.1) is 5.02 Å². The summed E-state index contributed by atoms with van der Waals surface area (Å²) in [5, 5.41) is 3.35. The first-order chi connectivity index (χ1) is 7.13. The molecule has 0 fully saturated rings. The predicted octanol–water partition coefficient (Wildman–Crippen LogP) is 3.86. The molecule has 0 aliphatic rings. The first kappa shape index (κ1) is 12.2. The fraction of sp³-hybridized carbons (Fsp3) is 0.545. The minimum absolute atomic E-state index is 0.230. The third-order valence-electron chi connectivity index (χ3n) is 2.18. The highest BCUT2D eigenvalue weighted by Crippen LogP contribution is 2.17. The molecule has 0 spiro atoms. The van der Waals surface area contributed by atoms with Gasteiger partial charge >= 0.3 is 0 Å². The number of halogens is 2. The summed E-state index contributed by atoms with van der Waals surface area (Å²) in [5.74, 6) is -0.117. The highest BCUT2D eigenvalue weighted by molar-refractivity contribution is 6.30. The lowest BCUT2D eigenvalue weighted by Gasteiger charge is -2.14. The number of pyridine rings is 1. The summed E-state index contributed by atoms with van der Waals surface area (Å²) >= 11 is 5.61. The molecule has 0 bridgehead atoms. The average molecular weight is 231 g/mol. The molecule has 1 aromatic heterocycles. The van der Waals surface area contributed by atoms with E-state index in [2.05, 4.69) is 17.2 Å². The normalized spacial score (nSPS) is 12.5. The van der Waals surface area contributed by atoms with Gasteiger partial charge in [0.1, 0.15) is 0 Å². The first-order valence-corrected chi connectivity index (χ1v) is 5.59. The van der Waals surface area contributed by atoms with Crippen molar-refractivity contribution < 1.29 is 4.39 Å². The van der Waals surface area contributed by atoms with Crippen LogP contribution in [0, 0.1) is 5.82 Å². The smallest absolute Gasteiger partial charge is 0.166 e. The molecule has 1 rings (SSSR count). The number of unbranched alkanes of at least 4 members (excludes halogenated alkanes) is 1. The van der Waals surface area contributed by atoms with E-state index < -0.39 is 5.82 Å². The van der Waals surface area contributed by atoms with Crippen LogP contribution in [0.15, 0.2) is 12.3 Å². The lowest BCUT2D eigenvalue weighted by atomic mass is 10.1. The Bertz CT molecular complexity index is 317. The van der Waals surface area contributed by atoms with Crippen molar-refractivity contribution in [1.82, 2.24) is 4.98 Å². The van der Waals surface area contributed by atoms with E-state index in [9.17, 15) is 4.39 Å². The predicted molar refractivity (Wildman–Crippen MR) is 61.8 cm³/mol. The summed E-state index contributed by atoms with van der Waals surface area (Å²) in [6.45, 7) is 4.15. The molecule has 0 aliphatic heterocycles. The van der Waals surface area contributed by atoms with Crippen LogP contribution in [0.4, 0.5) is 10.2 Å². The number of rotatable bonds is 5. The Morgan fingerprint density at radius 3 is 2.93 bits per heavy atom. The Kier molecular flexibility index (Phi) is 4.82. The summed E-state index contributed by atoms with van der Waals surface area (Å²) in [7, 11) is 0. The summed E-state index contributed by atoms with van der Waals surface area (Å²) in [6.07, 6.45) is 4.73. The molecule has 1 N–H and O–H groups in total. The Morgan fingerprint density at radius 1 is 1.60 bits per heavy atom. The number of hydrogen-bond acceptors (Lipinski definition) is 2. The van der Waals surface area contributed by atoms with Gasteiger partial charge < -0.3 is 5.32 Å². The maximum Gasteiger partial charge on any atom is 0.166 e. The van der Waals surface area contributed by atoms with Gasteiger partial charge in [-0.05, 0) is 19.4 Å². The Balaban J connectivity index is 2.56. The van der Waals surface area contributed by atoms with E-state index >= 15 is 0 Å². The third-order valence-corrected chi connectivity index (χ3v) is 2.39. The molecule has 4 heteroatoms. The van der Waals surface area contributed by atoms with E-state index in [-0.39, 0.29) is 11.9 Å². The molecule has 0 saturated carbocycles. The van der Waals surface area contributed by atoms with Crippen LogP contribution >= 0.6 is 11.6 Å². The van der Waals surface area contributed by atoms with Gasteiger partial charge in [-0.3, -0.25) is 0 Å². The molecular formula is C11H16ClFN2. The second-order valence-electron chi connectivity index (χ2n) is 3.67. The van der Waals surface area contributed by atoms with Gasteiger partial charge in [-0.15, -0.1) is 0 Å². The zero-order valence-corrected chi connectivity index (χ0v) is 9.81. The number of anilines is 1. The zero-order chi connectivity index (χ0) is 11.3. The third kappa shape index (κ3) is 4.04. The molecule has 84 valence electrons. The van der Waals surface area contributed by atoms with Crippen molar-refractivity contribution in [3.05, 3.63) is 23.1 Å². The van der Waals surface area contributed by atoms with Gasteiger partial charge in [-0.2, -0.15) is 0 Å². The molecule has 1 unspecified atom stereocenters. The van der Waals surface area contributed by atoms with Crippen LogP contribution < -0.4 is 5.32 Å². The van der Waals surface area contributed by atoms with E-state index in [1.165, 1.54) is 12.3 Å². The van der Waals surface area contributed by atoms with E-state index in [0.29, 0.717) is 5.02 Å². The van der Waals surface area contributed by atoms with Crippen molar-refractivity contribution in [2.75, 3.05) is 5.32 Å². The summed E-state index contributed by atoms with van der Waals surface area (Å²) in [4.78, 5) is 3.91. The monoisotopic (exact) mass is 230 g/mol. The van der Waals surface area contributed by atoms with E-state index in [1.807, 2.05) is 6.92 Å². The topological polar surface area (TPSA) is 24.9 Å². The molecule has 15 heavy (non-hydrogen) atoms. The Labute approximate surface area is 94.9 Å². The van der Waals surface area contributed by atoms with E-state index in [1.54, 1.807) is 0 Å². The molecule has 0 aromatic carbocycles. The minimum atomic E-state index is -0.397. The maximum absolute atomic E-state index is 13.3. The lowest BCUT2D eigenvalue weighted by molar-refractivity contribution is 0.606. The summed E-state index contributed by atoms with van der Waals surface area (Å²) < 4.78 is 13.3. The van der Waals surface area contributed by atoms with Crippen LogP contribution in [-0.2, 0) is 0 Å². The number of nitrogens with zero attached hydrogens (tertiary/aromatic N) is 1. The van der Waals surface area contributed by atoms with Crippen molar-refractivity contribution in [3.8, 4) is 0 Å². The van der Waals surface area contributed by atoms with Gasteiger partial charge in [-0.1, -0.05) is 31.4 Å². The molecule has 1 heterocycles. The van der Waals surface area contributed by atoms with Crippen LogP contribution in [0.3, 0.4) is 0 Å². The fourth-order valence-corrected chi connectivity index (χ4v) is 1.48. The minimum Gasteiger partial charge on any atom is -0.365 e. The van der Waals surface area contributed by atoms with Gasteiger partial charge in [0.2, 0.25) is 0 Å². The summed E-state index contributed by atoms with van der Waals surface area (Å²) in [6, 6.07) is 1.50. The second-order valence-corrected chi connectivity index (χ2v) is 4.11. The van der Waals surface area contributed by atoms with Gasteiger partial charge in [-0.25, -0.2) is 9.37 Å². The maximum atomic E-state index is 13.3. The average Bonchev–Trinajstić information content (AvgIpc) is 2.19. The van der Waals surface area contributed by atoms with E-state index in [4.69, 9.17) is 11.6 Å². The van der Waals surface area contributed by atoms with Gasteiger partial charge in [0.15, 0.2) is 11.6 Å². The fourth-order valence-electron chi connectivity index (χ4n) is 1.34. The summed E-state index contributed by atoms with van der Waals surface area (Å²) in [5.41, 5.74) is 0. The first-order valence-electron chi connectivity index (χ1n) is 5.21. The molecule has 2 nitrogen and oxygen atoms in total. The highest BCUT2D eigenvalue weighted by Gasteiger charge is 2.07. The molecule has 0 saturated heterocycles. The van der Waals surface area contributed by atoms with Crippen molar-refractivity contribution >= 4 is 17.4 Å². The van der Waals surface area contributed by atoms with Crippen LogP contribution in [0.1, 0.15) is 33.1 Å². The highest BCUT2D eigenvalue weighted by atomic mass is 35.5. The number of nitrogens with one attached hydrogen (secondary N) is 1. The number of aromatic nitrogens is 1. The second kappa shape index (κ2) is 5.91. The molecule has 0 aliphatic carbocycles. The molecule has 0 radical (unpaired) electrons. The Hall–Kier alpha value is -0.830. The van der Waals surface area contributed by atoms with Crippen LogP contribution in [0.5, 0.6) is 0 Å². The quantitative estimate of drug-likeness (QED) is 0.831. The van der Waals surface area contributed by atoms with Crippen molar-refractivity contribution in [3.63, 3.8) is 0 Å². The van der Waals surface area contributed by atoms with Crippen LogP contribution in [-0.4, -0.2) is 11.0 Å². The molecular weight excluding hydrogens is 215 g/mol.